The molecule has 0 aliphatic carbocycles. The molecule has 0 spiro atoms. The summed E-state index contributed by atoms with van der Waals surface area (Å²) < 4.78 is 0. The molecule has 0 aliphatic rings. The summed E-state index contributed by atoms with van der Waals surface area (Å²) in [6, 6.07) is 15.6. The summed E-state index contributed by atoms with van der Waals surface area (Å²) in [7, 11) is 0. The Hall–Kier alpha value is -1.82. The number of hydrogen-bond acceptors (Lipinski definition) is 0. The monoisotopic (exact) mass is 292 g/mol. The van der Waals surface area contributed by atoms with Crippen LogP contribution in [0.2, 0.25) is 0 Å². The second-order valence-corrected chi connectivity index (χ2v) is 5.95. The average molecular weight is 292 g/mol. The SMILES string of the molecule is CCc1ccc(CCC=CCc2ccccc2C)c(CC)c1. The van der Waals surface area contributed by atoms with Crippen LogP contribution in [0, 0.1) is 6.92 Å². The van der Waals surface area contributed by atoms with E-state index in [2.05, 4.69) is 75.4 Å². The van der Waals surface area contributed by atoms with Crippen LogP contribution >= 0.6 is 0 Å². The zero-order chi connectivity index (χ0) is 15.8. The van der Waals surface area contributed by atoms with Crippen molar-refractivity contribution in [1.29, 1.82) is 0 Å². The minimum absolute atomic E-state index is 1.04. The van der Waals surface area contributed by atoms with Crippen molar-refractivity contribution >= 4 is 0 Å². The first kappa shape index (κ1) is 16.5. The standard InChI is InChI=1S/C22H28/c1-4-19-15-16-22(20(5-2)17-19)14-8-6-7-12-21-13-10-9-11-18(21)3/h6-7,9-11,13,15-17H,4-5,8,12,14H2,1-3H3. The molecule has 0 atom stereocenters. The molecule has 0 unspecified atom stereocenters. The maximum atomic E-state index is 2.38. The van der Waals surface area contributed by atoms with Gasteiger partial charge in [-0.3, -0.25) is 0 Å². The molecule has 116 valence electrons. The Bertz CT molecular complexity index is 620. The Labute approximate surface area is 135 Å². The molecule has 0 saturated carbocycles. The van der Waals surface area contributed by atoms with Crippen molar-refractivity contribution in [1.82, 2.24) is 0 Å². The molecule has 0 N–H and O–H groups in total. The van der Waals surface area contributed by atoms with Crippen molar-refractivity contribution in [2.45, 2.75) is 52.9 Å². The van der Waals surface area contributed by atoms with E-state index in [0.29, 0.717) is 0 Å². The number of aryl methyl sites for hydroxylation is 4. The molecule has 2 aromatic carbocycles. The zero-order valence-electron chi connectivity index (χ0n) is 14.2. The Morgan fingerprint density at radius 3 is 2.36 bits per heavy atom. The van der Waals surface area contributed by atoms with Gasteiger partial charge < -0.3 is 0 Å². The van der Waals surface area contributed by atoms with E-state index >= 15 is 0 Å². The maximum absolute atomic E-state index is 2.38. The van der Waals surface area contributed by atoms with E-state index in [0.717, 1.165) is 32.1 Å². The van der Waals surface area contributed by atoms with Gasteiger partial charge in [-0.2, -0.15) is 0 Å². The molecule has 2 aromatic rings. The smallest absolute Gasteiger partial charge is 0.00948 e. The van der Waals surface area contributed by atoms with Crippen LogP contribution in [0.5, 0.6) is 0 Å². The van der Waals surface area contributed by atoms with Gasteiger partial charge in [0.1, 0.15) is 0 Å². The second kappa shape index (κ2) is 8.58. The third-order valence-electron chi connectivity index (χ3n) is 4.41. The third kappa shape index (κ3) is 4.59. The van der Waals surface area contributed by atoms with Gasteiger partial charge in [-0.05, 0) is 66.8 Å². The van der Waals surface area contributed by atoms with E-state index in [-0.39, 0.29) is 0 Å². The molecule has 0 heterocycles. The molecule has 22 heavy (non-hydrogen) atoms. The van der Waals surface area contributed by atoms with Crippen molar-refractivity contribution in [3.05, 3.63) is 82.4 Å². The summed E-state index contributed by atoms with van der Waals surface area (Å²) in [6.45, 7) is 6.67. The largest absolute Gasteiger partial charge is 0.0879 e. The first-order valence-corrected chi connectivity index (χ1v) is 8.54. The third-order valence-corrected chi connectivity index (χ3v) is 4.41. The van der Waals surface area contributed by atoms with Crippen molar-refractivity contribution in [2.75, 3.05) is 0 Å². The first-order valence-electron chi connectivity index (χ1n) is 8.54. The molecule has 0 aromatic heterocycles. The summed E-state index contributed by atoms with van der Waals surface area (Å²) in [5.41, 5.74) is 7.30. The fraction of sp³-hybridized carbons (Fsp3) is 0.364. The number of benzene rings is 2. The van der Waals surface area contributed by atoms with Gasteiger partial charge in [0.2, 0.25) is 0 Å². The number of allylic oxidation sites excluding steroid dienone is 2. The van der Waals surface area contributed by atoms with Crippen LogP contribution in [-0.2, 0) is 25.7 Å². The molecule has 0 heteroatoms. The van der Waals surface area contributed by atoms with Gasteiger partial charge in [-0.25, -0.2) is 0 Å². The molecule has 0 aliphatic heterocycles. The van der Waals surface area contributed by atoms with Gasteiger partial charge in [-0.15, -0.1) is 0 Å². The average Bonchev–Trinajstić information content (AvgIpc) is 2.56. The minimum atomic E-state index is 1.04. The lowest BCUT2D eigenvalue weighted by molar-refractivity contribution is 0.948. The summed E-state index contributed by atoms with van der Waals surface area (Å²) in [5, 5.41) is 0. The maximum Gasteiger partial charge on any atom is -0.00948 e. The molecule has 0 saturated heterocycles. The Balaban J connectivity index is 1.88. The van der Waals surface area contributed by atoms with Crippen molar-refractivity contribution in [3.8, 4) is 0 Å². The molecule has 2 rings (SSSR count). The normalized spacial score (nSPS) is 11.2. The lowest BCUT2D eigenvalue weighted by Crippen LogP contribution is -1.94. The molecule has 0 radical (unpaired) electrons. The highest BCUT2D eigenvalue weighted by Crippen LogP contribution is 2.16. The van der Waals surface area contributed by atoms with Gasteiger partial charge in [0.05, 0.1) is 0 Å². The summed E-state index contributed by atoms with van der Waals surface area (Å²) in [4.78, 5) is 0. The molecule has 0 nitrogen and oxygen atoms in total. The van der Waals surface area contributed by atoms with Crippen LogP contribution in [0.3, 0.4) is 0 Å². The predicted molar refractivity (Wildman–Crippen MR) is 97.5 cm³/mol. The number of hydrogen-bond donors (Lipinski definition) is 0. The first-order chi connectivity index (χ1) is 10.7. The second-order valence-electron chi connectivity index (χ2n) is 5.95. The van der Waals surface area contributed by atoms with Crippen molar-refractivity contribution in [3.63, 3.8) is 0 Å². The molecule has 0 amide bonds. The van der Waals surface area contributed by atoms with Gasteiger partial charge in [0, 0.05) is 0 Å². The number of rotatable bonds is 7. The van der Waals surface area contributed by atoms with E-state index in [1.807, 2.05) is 0 Å². The Kier molecular flexibility index (Phi) is 6.45. The summed E-state index contributed by atoms with van der Waals surface area (Å²) in [6.07, 6.45) is 10.2. The molecule has 0 bridgehead atoms. The highest BCUT2D eigenvalue weighted by molar-refractivity contribution is 5.32. The van der Waals surface area contributed by atoms with E-state index < -0.39 is 0 Å². The van der Waals surface area contributed by atoms with Crippen LogP contribution in [0.4, 0.5) is 0 Å². The van der Waals surface area contributed by atoms with E-state index in [9.17, 15) is 0 Å². The van der Waals surface area contributed by atoms with Crippen LogP contribution in [0.15, 0.2) is 54.6 Å². The fourth-order valence-corrected chi connectivity index (χ4v) is 2.88. The van der Waals surface area contributed by atoms with E-state index in [1.54, 1.807) is 0 Å². The molecule has 0 fully saturated rings. The highest BCUT2D eigenvalue weighted by Gasteiger charge is 2.01. The zero-order valence-corrected chi connectivity index (χ0v) is 14.2. The molecular weight excluding hydrogens is 264 g/mol. The van der Waals surface area contributed by atoms with Crippen LogP contribution in [0.1, 0.15) is 48.1 Å². The fourth-order valence-electron chi connectivity index (χ4n) is 2.88. The Morgan fingerprint density at radius 1 is 0.818 bits per heavy atom. The Morgan fingerprint density at radius 2 is 1.64 bits per heavy atom. The van der Waals surface area contributed by atoms with Gasteiger partial charge >= 0.3 is 0 Å². The highest BCUT2D eigenvalue weighted by atomic mass is 14.1. The van der Waals surface area contributed by atoms with Crippen LogP contribution in [0.25, 0.3) is 0 Å². The van der Waals surface area contributed by atoms with Crippen molar-refractivity contribution in [2.24, 2.45) is 0 Å². The van der Waals surface area contributed by atoms with Gasteiger partial charge in [-0.1, -0.05) is 68.5 Å². The van der Waals surface area contributed by atoms with Gasteiger partial charge in [0.25, 0.3) is 0 Å². The predicted octanol–water partition coefficient (Wildman–Crippen LogP) is 5.85. The quantitative estimate of drug-likeness (QED) is 0.561. The molecular formula is C22H28. The topological polar surface area (TPSA) is 0 Å². The summed E-state index contributed by atoms with van der Waals surface area (Å²) in [5.74, 6) is 0. The van der Waals surface area contributed by atoms with Crippen LogP contribution < -0.4 is 0 Å². The van der Waals surface area contributed by atoms with Crippen LogP contribution in [-0.4, -0.2) is 0 Å². The van der Waals surface area contributed by atoms with Gasteiger partial charge in [0.15, 0.2) is 0 Å². The summed E-state index contributed by atoms with van der Waals surface area (Å²) >= 11 is 0. The minimum Gasteiger partial charge on any atom is -0.0879 e. The van der Waals surface area contributed by atoms with Crippen molar-refractivity contribution < 1.29 is 0 Å². The van der Waals surface area contributed by atoms with E-state index in [4.69, 9.17) is 0 Å². The lowest BCUT2D eigenvalue weighted by atomic mass is 9.97. The van der Waals surface area contributed by atoms with E-state index in [1.165, 1.54) is 27.8 Å². The lowest BCUT2D eigenvalue weighted by Gasteiger charge is -2.09.